The first-order chi connectivity index (χ1) is 9.11. The summed E-state index contributed by atoms with van der Waals surface area (Å²) in [6.45, 7) is 3.76. The number of benzene rings is 1. The Hall–Kier alpha value is -1.20. The highest BCUT2D eigenvalue weighted by molar-refractivity contribution is 9.10. The van der Waals surface area contributed by atoms with Gasteiger partial charge in [-0.1, -0.05) is 22.9 Å². The summed E-state index contributed by atoms with van der Waals surface area (Å²) in [5, 5.41) is 7.69. The zero-order chi connectivity index (χ0) is 13.8. The van der Waals surface area contributed by atoms with Gasteiger partial charge in [-0.05, 0) is 31.2 Å². The van der Waals surface area contributed by atoms with Crippen molar-refractivity contribution in [1.82, 2.24) is 15.1 Å². The van der Waals surface area contributed by atoms with Gasteiger partial charge in [0.25, 0.3) is 0 Å². The average molecular weight is 326 g/mol. The van der Waals surface area contributed by atoms with Gasteiger partial charge >= 0.3 is 0 Å². The van der Waals surface area contributed by atoms with Gasteiger partial charge in [0.05, 0.1) is 5.69 Å². The number of nitrogens with one attached hydrogen (secondary N) is 1. The molecule has 0 fully saturated rings. The van der Waals surface area contributed by atoms with Gasteiger partial charge in [-0.3, -0.25) is 4.68 Å². The van der Waals surface area contributed by atoms with E-state index in [2.05, 4.69) is 33.3 Å². The lowest BCUT2D eigenvalue weighted by atomic mass is 10.1. The second kappa shape index (κ2) is 6.30. The predicted molar refractivity (Wildman–Crippen MR) is 78.3 cm³/mol. The molecule has 0 aliphatic carbocycles. The van der Waals surface area contributed by atoms with Crippen molar-refractivity contribution >= 4 is 15.9 Å². The second-order valence-corrected chi connectivity index (χ2v) is 5.39. The van der Waals surface area contributed by atoms with Crippen LogP contribution in [0.2, 0.25) is 0 Å². The van der Waals surface area contributed by atoms with Crippen molar-refractivity contribution in [2.75, 3.05) is 6.54 Å². The summed E-state index contributed by atoms with van der Waals surface area (Å²) in [6.07, 6.45) is 3.00. The summed E-state index contributed by atoms with van der Waals surface area (Å²) < 4.78 is 16.5. The van der Waals surface area contributed by atoms with Gasteiger partial charge < -0.3 is 5.32 Å². The smallest absolute Gasteiger partial charge is 0.133 e. The summed E-state index contributed by atoms with van der Waals surface area (Å²) in [5.74, 6) is -0.259. The lowest BCUT2D eigenvalue weighted by molar-refractivity contribution is 0.628. The topological polar surface area (TPSA) is 29.9 Å². The molecule has 0 atom stereocenters. The highest BCUT2D eigenvalue weighted by atomic mass is 79.9. The quantitative estimate of drug-likeness (QED) is 0.853. The molecule has 0 saturated heterocycles. The number of halogens is 2. The van der Waals surface area contributed by atoms with Crippen LogP contribution in [0.5, 0.6) is 0 Å². The van der Waals surface area contributed by atoms with E-state index in [0.717, 1.165) is 23.0 Å². The first-order valence-corrected chi connectivity index (χ1v) is 7.09. The zero-order valence-corrected chi connectivity index (χ0v) is 12.7. The molecule has 0 aliphatic heterocycles. The van der Waals surface area contributed by atoms with Gasteiger partial charge in [0.1, 0.15) is 5.82 Å². The molecule has 3 nitrogen and oxygen atoms in total. The van der Waals surface area contributed by atoms with E-state index in [1.165, 1.54) is 6.07 Å². The fourth-order valence-electron chi connectivity index (χ4n) is 1.98. The van der Waals surface area contributed by atoms with Crippen molar-refractivity contribution in [3.05, 3.63) is 40.2 Å². The Morgan fingerprint density at radius 3 is 2.89 bits per heavy atom. The zero-order valence-electron chi connectivity index (χ0n) is 11.1. The minimum Gasteiger partial charge on any atom is -0.313 e. The molecule has 2 aromatic rings. The highest BCUT2D eigenvalue weighted by Gasteiger charge is 2.14. The van der Waals surface area contributed by atoms with Crippen molar-refractivity contribution in [3.8, 4) is 11.3 Å². The van der Waals surface area contributed by atoms with Crippen LogP contribution in [0.25, 0.3) is 11.3 Å². The van der Waals surface area contributed by atoms with Gasteiger partial charge in [0.2, 0.25) is 0 Å². The van der Waals surface area contributed by atoms with Crippen LogP contribution in [0.1, 0.15) is 18.9 Å². The normalized spacial score (nSPS) is 10.9. The van der Waals surface area contributed by atoms with Gasteiger partial charge in [-0.2, -0.15) is 5.10 Å². The minimum absolute atomic E-state index is 0.259. The van der Waals surface area contributed by atoms with Crippen LogP contribution >= 0.6 is 15.9 Å². The summed E-state index contributed by atoms with van der Waals surface area (Å²) in [7, 11) is 1.85. The predicted octanol–water partition coefficient (Wildman–Crippen LogP) is 3.49. The van der Waals surface area contributed by atoms with Crippen LogP contribution in [0.3, 0.4) is 0 Å². The van der Waals surface area contributed by atoms with E-state index in [1.807, 2.05) is 19.3 Å². The summed E-state index contributed by atoms with van der Waals surface area (Å²) in [5.41, 5.74) is 2.25. The lowest BCUT2D eigenvalue weighted by Crippen LogP contribution is -2.14. The summed E-state index contributed by atoms with van der Waals surface area (Å²) in [6, 6.07) is 5.05. The first kappa shape index (κ1) is 14.2. The Labute approximate surface area is 121 Å². The third kappa shape index (κ3) is 3.42. The molecule has 0 bridgehead atoms. The van der Waals surface area contributed by atoms with Gasteiger partial charge in [0.15, 0.2) is 0 Å². The van der Waals surface area contributed by atoms with E-state index in [4.69, 9.17) is 0 Å². The average Bonchev–Trinajstić information content (AvgIpc) is 2.71. The molecule has 19 heavy (non-hydrogen) atoms. The molecule has 1 N–H and O–H groups in total. The number of aryl methyl sites for hydroxylation is 1. The van der Waals surface area contributed by atoms with Crippen molar-refractivity contribution in [2.45, 2.75) is 19.9 Å². The Morgan fingerprint density at radius 2 is 2.21 bits per heavy atom. The molecule has 1 heterocycles. The maximum absolute atomic E-state index is 14.0. The standard InChI is InChI=1S/C14H17BrFN3/c1-3-6-17-8-10-9-19(2)18-14(10)12-5-4-11(15)7-13(12)16/h4-5,7,9,17H,3,6,8H2,1-2H3. The largest absolute Gasteiger partial charge is 0.313 e. The summed E-state index contributed by atoms with van der Waals surface area (Å²) >= 11 is 3.27. The monoisotopic (exact) mass is 325 g/mol. The molecule has 1 aromatic heterocycles. The van der Waals surface area contributed by atoms with Gasteiger partial charge in [-0.25, -0.2) is 4.39 Å². The maximum atomic E-state index is 14.0. The van der Waals surface area contributed by atoms with Crippen molar-refractivity contribution in [2.24, 2.45) is 7.05 Å². The van der Waals surface area contributed by atoms with E-state index in [1.54, 1.807) is 10.7 Å². The third-order valence-corrected chi connectivity index (χ3v) is 3.33. The van der Waals surface area contributed by atoms with Gasteiger partial charge in [0, 0.05) is 35.4 Å². The number of rotatable bonds is 5. The van der Waals surface area contributed by atoms with Gasteiger partial charge in [-0.15, -0.1) is 0 Å². The van der Waals surface area contributed by atoms with Crippen LogP contribution in [0, 0.1) is 5.82 Å². The van der Waals surface area contributed by atoms with Crippen LogP contribution in [0.15, 0.2) is 28.9 Å². The molecule has 0 spiro atoms. The molecular weight excluding hydrogens is 309 g/mol. The first-order valence-electron chi connectivity index (χ1n) is 6.30. The molecule has 0 unspecified atom stereocenters. The maximum Gasteiger partial charge on any atom is 0.133 e. The van der Waals surface area contributed by atoms with Crippen molar-refractivity contribution < 1.29 is 4.39 Å². The Kier molecular flexibility index (Phi) is 4.71. The Balaban J connectivity index is 2.32. The fourth-order valence-corrected chi connectivity index (χ4v) is 2.31. The molecule has 0 radical (unpaired) electrons. The number of nitrogens with zero attached hydrogens (tertiary/aromatic N) is 2. The van der Waals surface area contributed by atoms with Crippen LogP contribution in [0.4, 0.5) is 4.39 Å². The van der Waals surface area contributed by atoms with E-state index in [9.17, 15) is 4.39 Å². The molecule has 1 aromatic carbocycles. The minimum atomic E-state index is -0.259. The molecule has 0 saturated carbocycles. The van der Waals surface area contributed by atoms with E-state index in [-0.39, 0.29) is 5.82 Å². The Bertz CT molecular complexity index is 566. The van der Waals surface area contributed by atoms with Crippen molar-refractivity contribution in [3.63, 3.8) is 0 Å². The lowest BCUT2D eigenvalue weighted by Gasteiger charge is -2.05. The number of hydrogen-bond donors (Lipinski definition) is 1. The molecule has 0 amide bonds. The highest BCUT2D eigenvalue weighted by Crippen LogP contribution is 2.27. The fraction of sp³-hybridized carbons (Fsp3) is 0.357. The molecular formula is C14H17BrFN3. The SMILES string of the molecule is CCCNCc1cn(C)nc1-c1ccc(Br)cc1F. The van der Waals surface area contributed by atoms with Crippen LogP contribution in [-0.2, 0) is 13.6 Å². The summed E-state index contributed by atoms with van der Waals surface area (Å²) in [4.78, 5) is 0. The number of hydrogen-bond acceptors (Lipinski definition) is 2. The van der Waals surface area contributed by atoms with Crippen LogP contribution in [-0.4, -0.2) is 16.3 Å². The third-order valence-electron chi connectivity index (χ3n) is 2.83. The van der Waals surface area contributed by atoms with Crippen LogP contribution < -0.4 is 5.32 Å². The molecule has 102 valence electrons. The molecule has 2 rings (SSSR count). The molecule has 0 aliphatic rings. The van der Waals surface area contributed by atoms with E-state index >= 15 is 0 Å². The Morgan fingerprint density at radius 1 is 1.42 bits per heavy atom. The van der Waals surface area contributed by atoms with Crippen molar-refractivity contribution in [1.29, 1.82) is 0 Å². The van der Waals surface area contributed by atoms with E-state index in [0.29, 0.717) is 17.8 Å². The molecule has 5 heteroatoms. The van der Waals surface area contributed by atoms with E-state index < -0.39 is 0 Å². The second-order valence-electron chi connectivity index (χ2n) is 4.48. The number of aromatic nitrogens is 2.